The number of anilines is 1. The minimum Gasteiger partial charge on any atom is -0.433 e. The third-order valence-electron chi connectivity index (χ3n) is 2.44. The van der Waals surface area contributed by atoms with Crippen molar-refractivity contribution in [2.75, 3.05) is 5.32 Å². The fourth-order valence-corrected chi connectivity index (χ4v) is 1.52. The molecule has 1 atom stereocenters. The highest BCUT2D eigenvalue weighted by Gasteiger charge is 2.17. The van der Waals surface area contributed by atoms with Gasteiger partial charge in [-0.15, -0.1) is 12.4 Å². The van der Waals surface area contributed by atoms with Gasteiger partial charge in [0.15, 0.2) is 0 Å². The van der Waals surface area contributed by atoms with Crippen LogP contribution >= 0.6 is 24.0 Å². The summed E-state index contributed by atoms with van der Waals surface area (Å²) in [6.07, 6.45) is 0. The van der Waals surface area contributed by atoms with Crippen molar-refractivity contribution in [3.05, 3.63) is 23.2 Å². The van der Waals surface area contributed by atoms with Gasteiger partial charge in [-0.3, -0.25) is 4.79 Å². The number of halogens is 4. The van der Waals surface area contributed by atoms with Crippen LogP contribution in [-0.2, 0) is 4.79 Å². The Morgan fingerprint density at radius 1 is 1.40 bits per heavy atom. The van der Waals surface area contributed by atoms with Crippen molar-refractivity contribution in [2.45, 2.75) is 26.5 Å². The number of nitrogens with one attached hydrogen (secondary N) is 1. The Labute approximate surface area is 127 Å². The normalized spacial score (nSPS) is 12.0. The molecule has 1 rings (SSSR count). The Morgan fingerprint density at radius 3 is 2.45 bits per heavy atom. The van der Waals surface area contributed by atoms with Crippen LogP contribution in [0.2, 0.25) is 5.02 Å². The van der Waals surface area contributed by atoms with Crippen molar-refractivity contribution in [2.24, 2.45) is 11.7 Å². The van der Waals surface area contributed by atoms with Gasteiger partial charge in [0.25, 0.3) is 0 Å². The monoisotopic (exact) mass is 328 g/mol. The molecule has 4 nitrogen and oxygen atoms in total. The van der Waals surface area contributed by atoms with Crippen LogP contribution in [-0.4, -0.2) is 18.6 Å². The molecule has 8 heteroatoms. The van der Waals surface area contributed by atoms with Crippen LogP contribution in [0.15, 0.2) is 18.2 Å². The first kappa shape index (κ1) is 18.9. The molecule has 0 aliphatic carbocycles. The van der Waals surface area contributed by atoms with Gasteiger partial charge in [0, 0.05) is 5.69 Å². The van der Waals surface area contributed by atoms with Gasteiger partial charge >= 0.3 is 6.61 Å². The summed E-state index contributed by atoms with van der Waals surface area (Å²) in [5, 5.41) is 2.54. The van der Waals surface area contributed by atoms with E-state index in [1.54, 1.807) is 0 Å². The minimum atomic E-state index is -2.95. The number of nitrogens with two attached hydrogens (primary N) is 1. The lowest BCUT2D eigenvalue weighted by Gasteiger charge is -2.16. The third kappa shape index (κ3) is 5.48. The maximum Gasteiger partial charge on any atom is 0.387 e. The number of rotatable bonds is 5. The number of ether oxygens (including phenoxy) is 1. The fourth-order valence-electron chi connectivity index (χ4n) is 1.30. The van der Waals surface area contributed by atoms with Gasteiger partial charge in [0.05, 0.1) is 11.1 Å². The molecule has 1 unspecified atom stereocenters. The molecule has 1 aromatic carbocycles. The van der Waals surface area contributed by atoms with Crippen molar-refractivity contribution in [1.82, 2.24) is 0 Å². The lowest BCUT2D eigenvalue weighted by molar-refractivity contribution is -0.118. The van der Waals surface area contributed by atoms with Crippen LogP contribution < -0.4 is 15.8 Å². The van der Waals surface area contributed by atoms with Gasteiger partial charge in [-0.2, -0.15) is 8.78 Å². The number of alkyl halides is 2. The highest BCUT2D eigenvalue weighted by molar-refractivity contribution is 6.32. The quantitative estimate of drug-likeness (QED) is 0.871. The molecule has 0 fully saturated rings. The number of hydrogen-bond donors (Lipinski definition) is 2. The summed E-state index contributed by atoms with van der Waals surface area (Å²) >= 11 is 5.76. The minimum absolute atomic E-state index is 0. The van der Waals surface area contributed by atoms with Gasteiger partial charge in [-0.25, -0.2) is 0 Å². The molecule has 0 aromatic heterocycles. The molecule has 0 saturated carbocycles. The van der Waals surface area contributed by atoms with Crippen LogP contribution in [0.3, 0.4) is 0 Å². The molecule has 1 amide bonds. The number of carbonyl (C=O) groups excluding carboxylic acids is 1. The van der Waals surface area contributed by atoms with E-state index in [1.807, 2.05) is 13.8 Å². The maximum absolute atomic E-state index is 12.0. The molecule has 20 heavy (non-hydrogen) atoms. The average molecular weight is 329 g/mol. The summed E-state index contributed by atoms with van der Waals surface area (Å²) in [4.78, 5) is 11.7. The first-order valence-electron chi connectivity index (χ1n) is 5.62. The van der Waals surface area contributed by atoms with Gasteiger partial charge < -0.3 is 15.8 Å². The molecular weight excluding hydrogens is 313 g/mol. The van der Waals surface area contributed by atoms with E-state index in [0.717, 1.165) is 0 Å². The van der Waals surface area contributed by atoms with E-state index in [0.29, 0.717) is 5.69 Å². The van der Waals surface area contributed by atoms with Crippen molar-refractivity contribution in [3.8, 4) is 5.75 Å². The summed E-state index contributed by atoms with van der Waals surface area (Å²) < 4.78 is 28.3. The number of carbonyl (C=O) groups is 1. The SMILES string of the molecule is CC(C)C(N)C(=O)Nc1ccc(OC(F)F)c(Cl)c1.Cl. The van der Waals surface area contributed by atoms with E-state index >= 15 is 0 Å². The summed E-state index contributed by atoms with van der Waals surface area (Å²) in [5.41, 5.74) is 6.04. The number of hydrogen-bond acceptors (Lipinski definition) is 3. The molecular formula is C12H16Cl2F2N2O2. The van der Waals surface area contributed by atoms with E-state index in [2.05, 4.69) is 10.1 Å². The zero-order valence-corrected chi connectivity index (χ0v) is 12.5. The van der Waals surface area contributed by atoms with Crippen molar-refractivity contribution in [1.29, 1.82) is 0 Å². The van der Waals surface area contributed by atoms with E-state index in [1.165, 1.54) is 18.2 Å². The van der Waals surface area contributed by atoms with Crippen molar-refractivity contribution >= 4 is 35.6 Å². The Kier molecular flexibility index (Phi) is 7.78. The van der Waals surface area contributed by atoms with Gasteiger partial charge in [0.2, 0.25) is 5.91 Å². The Bertz CT molecular complexity index is 459. The molecule has 0 spiro atoms. The third-order valence-corrected chi connectivity index (χ3v) is 2.73. The molecule has 0 aliphatic rings. The highest BCUT2D eigenvalue weighted by atomic mass is 35.5. The Balaban J connectivity index is 0.00000361. The van der Waals surface area contributed by atoms with Gasteiger partial charge in [-0.1, -0.05) is 25.4 Å². The largest absolute Gasteiger partial charge is 0.433 e. The van der Waals surface area contributed by atoms with Crippen molar-refractivity contribution in [3.63, 3.8) is 0 Å². The second kappa shape index (κ2) is 8.24. The molecule has 1 aromatic rings. The fraction of sp³-hybridized carbons (Fsp3) is 0.417. The topological polar surface area (TPSA) is 64.4 Å². The van der Waals surface area contributed by atoms with Crippen LogP contribution in [0.1, 0.15) is 13.8 Å². The maximum atomic E-state index is 12.0. The van der Waals surface area contributed by atoms with Crippen LogP contribution in [0, 0.1) is 5.92 Å². The van der Waals surface area contributed by atoms with E-state index in [-0.39, 0.29) is 35.0 Å². The predicted octanol–water partition coefficient (Wildman–Crippen LogP) is 3.29. The smallest absolute Gasteiger partial charge is 0.387 e. The summed E-state index contributed by atoms with van der Waals surface area (Å²) in [6, 6.07) is 3.33. The summed E-state index contributed by atoms with van der Waals surface area (Å²) in [7, 11) is 0. The highest BCUT2D eigenvalue weighted by Crippen LogP contribution is 2.29. The summed E-state index contributed by atoms with van der Waals surface area (Å²) in [5.74, 6) is -0.534. The van der Waals surface area contributed by atoms with E-state index in [9.17, 15) is 13.6 Å². The molecule has 0 bridgehead atoms. The van der Waals surface area contributed by atoms with Crippen LogP contribution in [0.25, 0.3) is 0 Å². The molecule has 114 valence electrons. The molecule has 0 aliphatic heterocycles. The predicted molar refractivity (Wildman–Crippen MR) is 76.8 cm³/mol. The van der Waals surface area contributed by atoms with Crippen LogP contribution in [0.4, 0.5) is 14.5 Å². The van der Waals surface area contributed by atoms with Gasteiger partial charge in [0.1, 0.15) is 5.75 Å². The molecule has 0 heterocycles. The zero-order chi connectivity index (χ0) is 14.6. The molecule has 0 saturated heterocycles. The van der Waals surface area contributed by atoms with Gasteiger partial charge in [-0.05, 0) is 24.1 Å². The summed E-state index contributed by atoms with van der Waals surface area (Å²) in [6.45, 7) is 0.681. The Hall–Kier alpha value is -1.11. The first-order chi connectivity index (χ1) is 8.81. The standard InChI is InChI=1S/C12H15ClF2N2O2.ClH/c1-6(2)10(16)11(18)17-7-3-4-9(8(13)5-7)19-12(14)15;/h3-6,10,12H,16H2,1-2H3,(H,17,18);1H. The lowest BCUT2D eigenvalue weighted by atomic mass is 10.0. The van der Waals surface area contributed by atoms with E-state index < -0.39 is 12.7 Å². The molecule has 3 N–H and O–H groups in total. The average Bonchev–Trinajstić information content (AvgIpc) is 2.31. The van der Waals surface area contributed by atoms with E-state index in [4.69, 9.17) is 17.3 Å². The van der Waals surface area contributed by atoms with Crippen LogP contribution in [0.5, 0.6) is 5.75 Å². The second-order valence-corrected chi connectivity index (χ2v) is 4.69. The van der Waals surface area contributed by atoms with Crippen molar-refractivity contribution < 1.29 is 18.3 Å². The zero-order valence-electron chi connectivity index (χ0n) is 10.9. The molecule has 0 radical (unpaired) electrons. The Morgan fingerprint density at radius 2 is 2.00 bits per heavy atom. The second-order valence-electron chi connectivity index (χ2n) is 4.28. The number of amides is 1. The first-order valence-corrected chi connectivity index (χ1v) is 6.00. The number of benzene rings is 1. The lowest BCUT2D eigenvalue weighted by Crippen LogP contribution is -2.39.